The van der Waals surface area contributed by atoms with E-state index in [-0.39, 0.29) is 18.1 Å². The van der Waals surface area contributed by atoms with E-state index in [1.165, 1.54) is 20.3 Å². The van der Waals surface area contributed by atoms with Gasteiger partial charge in [-0.3, -0.25) is 4.79 Å². The zero-order chi connectivity index (χ0) is 17.4. The van der Waals surface area contributed by atoms with E-state index in [9.17, 15) is 13.2 Å². The van der Waals surface area contributed by atoms with Crippen LogP contribution in [0.2, 0.25) is 0 Å². The third-order valence-electron chi connectivity index (χ3n) is 4.83. The van der Waals surface area contributed by atoms with Crippen molar-refractivity contribution < 1.29 is 8.42 Å². The van der Waals surface area contributed by atoms with Gasteiger partial charge in [-0.1, -0.05) is 6.07 Å². The van der Waals surface area contributed by atoms with Crippen LogP contribution in [0.1, 0.15) is 25.3 Å². The zero-order valence-corrected chi connectivity index (χ0v) is 15.4. The molecule has 4 heterocycles. The fourth-order valence-electron chi connectivity index (χ4n) is 3.31. The Bertz CT molecular complexity index is 904. The topological polar surface area (TPSA) is 75.5 Å². The Morgan fingerprint density at radius 1 is 1.20 bits per heavy atom. The van der Waals surface area contributed by atoms with Crippen molar-refractivity contribution in [3.05, 3.63) is 40.1 Å². The van der Waals surface area contributed by atoms with Crippen LogP contribution in [0.25, 0.3) is 0 Å². The Hall–Kier alpha value is -1.71. The number of hydrogen-bond donors (Lipinski definition) is 0. The third kappa shape index (κ3) is 3.11. The summed E-state index contributed by atoms with van der Waals surface area (Å²) < 4.78 is 28.7. The van der Waals surface area contributed by atoms with Gasteiger partial charge in [-0.2, -0.15) is 9.40 Å². The summed E-state index contributed by atoms with van der Waals surface area (Å²) in [5.41, 5.74) is 0.691. The summed E-state index contributed by atoms with van der Waals surface area (Å²) in [6.45, 7) is 2.69. The van der Waals surface area contributed by atoms with Crippen LogP contribution in [0.3, 0.4) is 0 Å². The van der Waals surface area contributed by atoms with Crippen molar-refractivity contribution >= 4 is 27.0 Å². The van der Waals surface area contributed by atoms with Gasteiger partial charge in [-0.15, -0.1) is 11.3 Å². The minimum absolute atomic E-state index is 0.162. The standard InChI is InChI=1S/C16H20N4O3S2/c21-15-10-14(18-6-3-7-18)11-17-20(15)13-4-1-8-19(12-13)25(22,23)16-5-2-9-24-16/h2,5,9-11,13H,1,3-4,6-8,12H2. The fourth-order valence-corrected chi connectivity index (χ4v) is 5.97. The lowest BCUT2D eigenvalue weighted by molar-refractivity contribution is 0.248. The molecule has 2 aromatic heterocycles. The van der Waals surface area contributed by atoms with Gasteiger partial charge in [0.2, 0.25) is 0 Å². The van der Waals surface area contributed by atoms with E-state index in [2.05, 4.69) is 10.00 Å². The Morgan fingerprint density at radius 2 is 2.04 bits per heavy atom. The summed E-state index contributed by atoms with van der Waals surface area (Å²) in [6, 6.07) is 4.75. The second-order valence-electron chi connectivity index (χ2n) is 6.43. The number of rotatable bonds is 4. The summed E-state index contributed by atoms with van der Waals surface area (Å²) >= 11 is 1.22. The van der Waals surface area contributed by atoms with Gasteiger partial charge in [0.15, 0.2) is 0 Å². The first-order valence-corrected chi connectivity index (χ1v) is 10.8. The first-order chi connectivity index (χ1) is 12.1. The monoisotopic (exact) mass is 380 g/mol. The molecule has 1 unspecified atom stereocenters. The number of thiophene rings is 1. The summed E-state index contributed by atoms with van der Waals surface area (Å²) in [4.78, 5) is 14.6. The van der Waals surface area contributed by atoms with E-state index in [0.29, 0.717) is 10.8 Å². The number of nitrogens with zero attached hydrogens (tertiary/aromatic N) is 4. The molecule has 0 amide bonds. The molecule has 1 atom stereocenters. The molecule has 25 heavy (non-hydrogen) atoms. The van der Waals surface area contributed by atoms with Gasteiger partial charge < -0.3 is 4.90 Å². The molecule has 2 aromatic rings. The molecule has 2 aliphatic rings. The second-order valence-corrected chi connectivity index (χ2v) is 9.54. The highest BCUT2D eigenvalue weighted by Gasteiger charge is 2.32. The zero-order valence-electron chi connectivity index (χ0n) is 13.7. The van der Waals surface area contributed by atoms with Crippen LogP contribution in [-0.4, -0.2) is 48.7 Å². The molecule has 0 aliphatic carbocycles. The van der Waals surface area contributed by atoms with E-state index in [1.807, 2.05) is 0 Å². The molecule has 134 valence electrons. The molecular formula is C16H20N4O3S2. The average Bonchev–Trinajstić information content (AvgIpc) is 3.09. The van der Waals surface area contributed by atoms with Gasteiger partial charge in [0.05, 0.1) is 17.9 Å². The molecule has 0 bridgehead atoms. The molecule has 7 nitrogen and oxygen atoms in total. The van der Waals surface area contributed by atoms with Gasteiger partial charge in [-0.25, -0.2) is 13.1 Å². The molecular weight excluding hydrogens is 360 g/mol. The molecule has 0 aromatic carbocycles. The summed E-state index contributed by atoms with van der Waals surface area (Å²) in [7, 11) is -3.49. The average molecular weight is 380 g/mol. The summed E-state index contributed by atoms with van der Waals surface area (Å²) in [5.74, 6) is 0. The lowest BCUT2D eigenvalue weighted by atomic mass is 10.1. The highest BCUT2D eigenvalue weighted by molar-refractivity contribution is 7.91. The maximum absolute atomic E-state index is 12.7. The van der Waals surface area contributed by atoms with Crippen LogP contribution in [-0.2, 0) is 10.0 Å². The molecule has 2 aliphatic heterocycles. The maximum atomic E-state index is 12.7. The van der Waals surface area contributed by atoms with Crippen LogP contribution in [0.5, 0.6) is 0 Å². The van der Waals surface area contributed by atoms with Gasteiger partial charge in [0.25, 0.3) is 15.6 Å². The van der Waals surface area contributed by atoms with Crippen molar-refractivity contribution in [2.75, 3.05) is 31.1 Å². The SMILES string of the molecule is O=c1cc(N2CCC2)cnn1C1CCCN(S(=O)(=O)c2cccs2)C1. The van der Waals surface area contributed by atoms with Crippen molar-refractivity contribution in [3.63, 3.8) is 0 Å². The van der Waals surface area contributed by atoms with Crippen molar-refractivity contribution in [2.24, 2.45) is 0 Å². The lowest BCUT2D eigenvalue weighted by Gasteiger charge is -2.34. The number of piperidine rings is 1. The first-order valence-electron chi connectivity index (χ1n) is 8.43. The smallest absolute Gasteiger partial charge is 0.269 e. The number of sulfonamides is 1. The highest BCUT2D eigenvalue weighted by Crippen LogP contribution is 2.28. The predicted octanol–water partition coefficient (Wildman–Crippen LogP) is 1.54. The lowest BCUT2D eigenvalue weighted by Crippen LogP contribution is -2.44. The Morgan fingerprint density at radius 3 is 2.68 bits per heavy atom. The molecule has 9 heteroatoms. The largest absolute Gasteiger partial charge is 0.370 e. The van der Waals surface area contributed by atoms with Gasteiger partial charge in [0.1, 0.15) is 4.21 Å². The summed E-state index contributed by atoms with van der Waals surface area (Å²) in [5, 5.41) is 6.09. The maximum Gasteiger partial charge on any atom is 0.269 e. The number of anilines is 1. The normalized spacial score (nSPS) is 21.9. The third-order valence-corrected chi connectivity index (χ3v) is 8.07. The minimum atomic E-state index is -3.49. The first kappa shape index (κ1) is 16.7. The molecule has 0 saturated carbocycles. The quantitative estimate of drug-likeness (QED) is 0.804. The van der Waals surface area contributed by atoms with Gasteiger partial charge in [0, 0.05) is 32.2 Å². The second kappa shape index (κ2) is 6.54. The number of aromatic nitrogens is 2. The van der Waals surface area contributed by atoms with Crippen LogP contribution in [0.15, 0.2) is 38.8 Å². The minimum Gasteiger partial charge on any atom is -0.370 e. The van der Waals surface area contributed by atoms with E-state index in [4.69, 9.17) is 0 Å². The Balaban J connectivity index is 1.56. The van der Waals surface area contributed by atoms with Crippen LogP contribution in [0, 0.1) is 0 Å². The van der Waals surface area contributed by atoms with Crippen LogP contribution < -0.4 is 10.5 Å². The fraction of sp³-hybridized carbons (Fsp3) is 0.500. The molecule has 2 fully saturated rings. The van der Waals surface area contributed by atoms with Crippen molar-refractivity contribution in [1.29, 1.82) is 0 Å². The van der Waals surface area contributed by atoms with E-state index < -0.39 is 10.0 Å². The number of hydrogen-bond acceptors (Lipinski definition) is 6. The van der Waals surface area contributed by atoms with Crippen LogP contribution in [0.4, 0.5) is 5.69 Å². The van der Waals surface area contributed by atoms with Gasteiger partial charge >= 0.3 is 0 Å². The molecule has 0 radical (unpaired) electrons. The molecule has 2 saturated heterocycles. The van der Waals surface area contributed by atoms with E-state index in [0.717, 1.165) is 38.0 Å². The van der Waals surface area contributed by atoms with Gasteiger partial charge in [-0.05, 0) is 30.7 Å². The van der Waals surface area contributed by atoms with Crippen molar-refractivity contribution in [2.45, 2.75) is 29.5 Å². The van der Waals surface area contributed by atoms with Crippen molar-refractivity contribution in [3.8, 4) is 0 Å². The van der Waals surface area contributed by atoms with Crippen molar-refractivity contribution in [1.82, 2.24) is 14.1 Å². The van der Waals surface area contributed by atoms with E-state index >= 15 is 0 Å². The Labute approximate surface area is 150 Å². The van der Waals surface area contributed by atoms with E-state index in [1.54, 1.807) is 29.8 Å². The predicted molar refractivity (Wildman–Crippen MR) is 96.7 cm³/mol. The van der Waals surface area contributed by atoms with Crippen LogP contribution >= 0.6 is 11.3 Å². The summed E-state index contributed by atoms with van der Waals surface area (Å²) in [6.07, 6.45) is 4.33. The Kier molecular flexibility index (Phi) is 4.38. The molecule has 0 N–H and O–H groups in total. The highest BCUT2D eigenvalue weighted by atomic mass is 32.2. The molecule has 0 spiro atoms. The molecule has 4 rings (SSSR count).